The van der Waals surface area contributed by atoms with Crippen LogP contribution in [0.15, 0.2) is 41.3 Å². The van der Waals surface area contributed by atoms with E-state index in [1.165, 1.54) is 18.3 Å². The van der Waals surface area contributed by atoms with Crippen molar-refractivity contribution in [3.8, 4) is 17.3 Å². The van der Waals surface area contributed by atoms with Gasteiger partial charge in [0.25, 0.3) is 0 Å². The van der Waals surface area contributed by atoms with Crippen molar-refractivity contribution in [1.29, 1.82) is 0 Å². The van der Waals surface area contributed by atoms with Crippen molar-refractivity contribution >= 4 is 27.5 Å². The molecule has 4 aliphatic rings. The molecule has 0 amide bonds. The van der Waals surface area contributed by atoms with Crippen molar-refractivity contribution in [1.82, 2.24) is 15.0 Å². The van der Waals surface area contributed by atoms with Gasteiger partial charge in [0.1, 0.15) is 22.9 Å². The molecule has 2 aromatic carbocycles. The minimum Gasteiger partial charge on any atom is -0.364 e. The summed E-state index contributed by atoms with van der Waals surface area (Å²) < 4.78 is 52.7. The lowest BCUT2D eigenvalue weighted by atomic mass is 9.96. The lowest BCUT2D eigenvalue weighted by molar-refractivity contribution is 0.0893. The molecule has 1 saturated carbocycles. The number of pyridine rings is 1. The first-order valence-corrected chi connectivity index (χ1v) is 10.8. The zero-order chi connectivity index (χ0) is 23.2. The molecule has 0 spiro atoms. The Bertz CT molecular complexity index is 1680. The number of rotatable bonds is 0. The molecular formula is C24H15F3N5O2+. The highest BCUT2D eigenvalue weighted by Crippen LogP contribution is 2.52. The van der Waals surface area contributed by atoms with Crippen molar-refractivity contribution in [3.63, 3.8) is 0 Å². The lowest BCUT2D eigenvalue weighted by Crippen LogP contribution is -2.34. The number of alkyl halides is 1. The number of aromatic nitrogens is 3. The van der Waals surface area contributed by atoms with E-state index in [1.54, 1.807) is 23.1 Å². The highest BCUT2D eigenvalue weighted by Gasteiger charge is 2.83. The van der Waals surface area contributed by atoms with Crippen LogP contribution in [0.3, 0.4) is 0 Å². The molecular weight excluding hydrogens is 447 g/mol. The van der Waals surface area contributed by atoms with Gasteiger partial charge in [-0.15, -0.1) is 4.39 Å². The van der Waals surface area contributed by atoms with Crippen LogP contribution in [0, 0.1) is 17.7 Å². The molecule has 1 saturated heterocycles. The normalized spacial score (nSPS) is 24.6. The number of nitrogens with one attached hydrogen (secondary N) is 1. The van der Waals surface area contributed by atoms with E-state index in [2.05, 4.69) is 25.9 Å². The van der Waals surface area contributed by atoms with Gasteiger partial charge < -0.3 is 14.6 Å². The Morgan fingerprint density at radius 3 is 3.03 bits per heavy atom. The second kappa shape index (κ2) is 6.55. The maximum atomic E-state index is 16.1. The van der Waals surface area contributed by atoms with Crippen LogP contribution in [0.1, 0.15) is 12.0 Å². The Hall–Kier alpha value is -3.97. The third-order valence-corrected chi connectivity index (χ3v) is 6.73. The summed E-state index contributed by atoms with van der Waals surface area (Å²) >= 11 is 0. The second-order valence-electron chi connectivity index (χ2n) is 8.64. The Kier molecular flexibility index (Phi) is 3.75. The van der Waals surface area contributed by atoms with Gasteiger partial charge in [0.15, 0.2) is 11.9 Å². The summed E-state index contributed by atoms with van der Waals surface area (Å²) in [5.74, 6) is -3.60. The smallest absolute Gasteiger partial charge is 0.364 e. The standard InChI is InChI=1S/C24H14F3N5O2/c25-15-6-5-11-3-1-4-12-16(11)13(15)10-29-24(27)20-21(24)34-8-2-7-32(20)22-14-9-28-18(12)17(26)19(14)30-23(33)31-22/h1,3-6,9,20-21H,2,7-8H2/p+1/t20-,21+,24-/m0/s1. The van der Waals surface area contributed by atoms with E-state index in [9.17, 15) is 4.79 Å². The van der Waals surface area contributed by atoms with Crippen molar-refractivity contribution in [2.24, 2.45) is 0 Å². The third-order valence-electron chi connectivity index (χ3n) is 6.73. The van der Waals surface area contributed by atoms with Crippen LogP contribution < -0.4 is 10.6 Å². The van der Waals surface area contributed by atoms with Crippen molar-refractivity contribution in [2.75, 3.05) is 18.1 Å². The number of H-pyrrole nitrogens is 1. The monoisotopic (exact) mass is 462 g/mol. The molecule has 2 aromatic heterocycles. The predicted molar refractivity (Wildman–Crippen MR) is 119 cm³/mol. The number of aromatic amines is 1. The van der Waals surface area contributed by atoms with E-state index in [0.29, 0.717) is 18.4 Å². The molecule has 0 radical (unpaired) electrons. The molecule has 3 aliphatic heterocycles. The Balaban J connectivity index is 1.67. The van der Waals surface area contributed by atoms with Crippen LogP contribution in [-0.2, 0) is 4.74 Å². The van der Waals surface area contributed by atoms with E-state index in [0.717, 1.165) is 0 Å². The van der Waals surface area contributed by atoms with Crippen LogP contribution >= 0.6 is 0 Å². The van der Waals surface area contributed by atoms with Gasteiger partial charge in [-0.3, -0.25) is 4.98 Å². The number of fused-ring (bicyclic) bond motifs is 1. The zero-order valence-corrected chi connectivity index (χ0v) is 17.5. The molecule has 168 valence electrons. The highest BCUT2D eigenvalue weighted by molar-refractivity contribution is 6.02. The number of halogens is 3. The van der Waals surface area contributed by atoms with Crippen LogP contribution in [0.5, 0.6) is 0 Å². The molecule has 4 aromatic rings. The summed E-state index contributed by atoms with van der Waals surface area (Å²) in [5, 5.41) is 1.09. The van der Waals surface area contributed by atoms with Gasteiger partial charge in [0.2, 0.25) is 6.10 Å². The summed E-state index contributed by atoms with van der Waals surface area (Å²) in [4.78, 5) is 28.9. The molecule has 1 aliphatic carbocycles. The summed E-state index contributed by atoms with van der Waals surface area (Å²) in [6, 6.07) is 9.41. The fourth-order valence-electron chi connectivity index (χ4n) is 5.12. The molecule has 2 fully saturated rings. The average Bonchev–Trinajstić information content (AvgIpc) is 3.48. The second-order valence-corrected chi connectivity index (χ2v) is 8.64. The molecule has 4 bridgehead atoms. The first kappa shape index (κ1) is 19.5. The largest absolute Gasteiger partial charge is 0.469 e. The van der Waals surface area contributed by atoms with E-state index in [4.69, 9.17) is 4.74 Å². The van der Waals surface area contributed by atoms with Gasteiger partial charge in [0, 0.05) is 30.3 Å². The van der Waals surface area contributed by atoms with Crippen molar-refractivity contribution in [2.45, 2.75) is 24.4 Å². The number of anilines is 1. The van der Waals surface area contributed by atoms with Gasteiger partial charge in [-0.25, -0.2) is 13.6 Å². The molecule has 10 heteroatoms. The van der Waals surface area contributed by atoms with Gasteiger partial charge in [0.05, 0.1) is 10.9 Å². The maximum absolute atomic E-state index is 16.1. The quantitative estimate of drug-likeness (QED) is 0.403. The molecule has 34 heavy (non-hydrogen) atoms. The van der Waals surface area contributed by atoms with Gasteiger partial charge in [-0.2, -0.15) is 4.98 Å². The summed E-state index contributed by atoms with van der Waals surface area (Å²) in [5.41, 5.74) is -0.805. The van der Waals surface area contributed by atoms with Crippen molar-refractivity contribution in [3.05, 3.63) is 69.1 Å². The SMILES string of the molecule is O=c1nc2c3cnc(c(F)c3[nH]1)-c1cccc3ccc(F)c(c13)C#[N+][C@]1(F)[C@@H]3OCCCN2[C@@H]31. The van der Waals surface area contributed by atoms with Crippen LogP contribution in [-0.4, -0.2) is 46.0 Å². The molecule has 3 atom stereocenters. The zero-order valence-electron chi connectivity index (χ0n) is 17.5. The molecule has 5 heterocycles. The Morgan fingerprint density at radius 2 is 2.15 bits per heavy atom. The minimum atomic E-state index is -2.24. The Morgan fingerprint density at radius 1 is 1.26 bits per heavy atom. The van der Waals surface area contributed by atoms with Crippen LogP contribution in [0.4, 0.5) is 19.0 Å². The number of nitrogens with zero attached hydrogens (tertiary/aromatic N) is 4. The first-order chi connectivity index (χ1) is 16.5. The average molecular weight is 462 g/mol. The number of hydrogen-bond acceptors (Lipinski definition) is 5. The van der Waals surface area contributed by atoms with Gasteiger partial charge in [-0.1, -0.05) is 24.3 Å². The summed E-state index contributed by atoms with van der Waals surface area (Å²) in [6.07, 6.45) is 0.978. The van der Waals surface area contributed by atoms with Crippen LogP contribution in [0.2, 0.25) is 0 Å². The molecule has 1 N–H and O–H groups in total. The number of hydrogen-bond donors (Lipinski definition) is 1. The van der Waals surface area contributed by atoms with E-state index >= 15 is 13.2 Å². The fraction of sp³-hybridized carbons (Fsp3) is 0.250. The maximum Gasteiger partial charge on any atom is 0.469 e. The molecule has 8 rings (SSSR count). The first-order valence-electron chi connectivity index (χ1n) is 10.8. The van der Waals surface area contributed by atoms with Crippen molar-refractivity contribution < 1.29 is 17.9 Å². The molecule has 0 unspecified atom stereocenters. The van der Waals surface area contributed by atoms with Gasteiger partial charge in [-0.05, 0) is 22.7 Å². The number of ether oxygens (including phenoxy) is 1. The number of benzene rings is 2. The summed E-state index contributed by atoms with van der Waals surface area (Å²) in [7, 11) is 0. The van der Waals surface area contributed by atoms with E-state index in [-0.39, 0.29) is 45.5 Å². The highest BCUT2D eigenvalue weighted by atomic mass is 19.2. The predicted octanol–water partition coefficient (Wildman–Crippen LogP) is 3.75. The van der Waals surface area contributed by atoms with E-state index in [1.807, 2.05) is 0 Å². The fourth-order valence-corrected chi connectivity index (χ4v) is 5.12. The van der Waals surface area contributed by atoms with Gasteiger partial charge >= 0.3 is 17.6 Å². The third kappa shape index (κ3) is 2.47. The van der Waals surface area contributed by atoms with Crippen LogP contribution in [0.25, 0.3) is 37.8 Å². The Labute approximate surface area is 189 Å². The molecule has 7 nitrogen and oxygen atoms in total. The lowest BCUT2D eigenvalue weighted by Gasteiger charge is -2.22. The topological polar surface area (TPSA) is 75.5 Å². The minimum absolute atomic E-state index is 0.0870. The van der Waals surface area contributed by atoms with E-state index < -0.39 is 35.3 Å². The summed E-state index contributed by atoms with van der Waals surface area (Å²) in [6.45, 7) is 0.574.